The summed E-state index contributed by atoms with van der Waals surface area (Å²) in [4.78, 5) is 19.1. The molecule has 4 nitrogen and oxygen atoms in total. The molecular formula is C16H12ClFN2O2. The van der Waals surface area contributed by atoms with Crippen molar-refractivity contribution in [2.24, 2.45) is 0 Å². The molecule has 1 N–H and O–H groups in total. The molecule has 3 rings (SSSR count). The number of hydrogen-bond acceptors (Lipinski definition) is 3. The van der Waals surface area contributed by atoms with Gasteiger partial charge >= 0.3 is 0 Å². The summed E-state index contributed by atoms with van der Waals surface area (Å²) in [6, 6.07) is 9.26. The number of para-hydroxylation sites is 1. The molecule has 2 aromatic carbocycles. The predicted molar refractivity (Wildman–Crippen MR) is 82.8 cm³/mol. The van der Waals surface area contributed by atoms with E-state index in [1.54, 1.807) is 6.07 Å². The molecule has 0 amide bonds. The molecule has 0 aliphatic rings. The van der Waals surface area contributed by atoms with Crippen LogP contribution in [0.25, 0.3) is 10.9 Å². The monoisotopic (exact) mass is 318 g/mol. The van der Waals surface area contributed by atoms with Gasteiger partial charge in [-0.25, -0.2) is 9.37 Å². The lowest BCUT2D eigenvalue weighted by Gasteiger charge is -2.08. The van der Waals surface area contributed by atoms with Crippen LogP contribution in [-0.4, -0.2) is 9.97 Å². The lowest BCUT2D eigenvalue weighted by molar-refractivity contribution is 0.296. The number of rotatable bonds is 3. The fourth-order valence-electron chi connectivity index (χ4n) is 2.16. The Morgan fingerprint density at radius 2 is 2.14 bits per heavy atom. The quantitative estimate of drug-likeness (QED) is 0.802. The second-order valence-corrected chi connectivity index (χ2v) is 5.25. The van der Waals surface area contributed by atoms with Crippen LogP contribution in [0.5, 0.6) is 5.75 Å². The van der Waals surface area contributed by atoms with Crippen molar-refractivity contribution in [2.75, 3.05) is 0 Å². The van der Waals surface area contributed by atoms with Crippen LogP contribution in [0.3, 0.4) is 0 Å². The van der Waals surface area contributed by atoms with Crippen molar-refractivity contribution in [1.29, 1.82) is 0 Å². The summed E-state index contributed by atoms with van der Waals surface area (Å²) in [7, 11) is 0. The first kappa shape index (κ1) is 14.5. The summed E-state index contributed by atoms with van der Waals surface area (Å²) in [6.45, 7) is 1.92. The fraction of sp³-hybridized carbons (Fsp3) is 0.125. The number of H-pyrrole nitrogens is 1. The molecule has 0 fully saturated rings. The molecule has 112 valence electrons. The third kappa shape index (κ3) is 2.80. The Labute approximate surface area is 130 Å². The van der Waals surface area contributed by atoms with Gasteiger partial charge in [-0.3, -0.25) is 4.79 Å². The summed E-state index contributed by atoms with van der Waals surface area (Å²) in [5, 5.41) is 0.697. The van der Waals surface area contributed by atoms with Gasteiger partial charge in [-0.15, -0.1) is 0 Å². The Kier molecular flexibility index (Phi) is 3.81. The van der Waals surface area contributed by atoms with Crippen LogP contribution in [0, 0.1) is 12.7 Å². The third-order valence-electron chi connectivity index (χ3n) is 3.25. The first-order valence-corrected chi connectivity index (χ1v) is 6.99. The number of nitrogens with zero attached hydrogens (tertiary/aromatic N) is 1. The maximum absolute atomic E-state index is 13.0. The van der Waals surface area contributed by atoms with Crippen LogP contribution in [0.4, 0.5) is 4.39 Å². The Bertz CT molecular complexity index is 908. The smallest absolute Gasteiger partial charge is 0.258 e. The van der Waals surface area contributed by atoms with Gasteiger partial charge in [0.15, 0.2) is 0 Å². The summed E-state index contributed by atoms with van der Waals surface area (Å²) >= 11 is 5.89. The average Bonchev–Trinajstić information content (AvgIpc) is 2.47. The Morgan fingerprint density at radius 1 is 1.32 bits per heavy atom. The Hall–Kier alpha value is -2.40. The van der Waals surface area contributed by atoms with Gasteiger partial charge in [0.25, 0.3) is 5.56 Å². The zero-order valence-corrected chi connectivity index (χ0v) is 12.4. The molecule has 6 heteroatoms. The number of benzene rings is 2. The van der Waals surface area contributed by atoms with Gasteiger partial charge in [-0.2, -0.15) is 0 Å². The van der Waals surface area contributed by atoms with Gasteiger partial charge in [0.05, 0.1) is 15.9 Å². The van der Waals surface area contributed by atoms with Crippen molar-refractivity contribution in [3.8, 4) is 5.75 Å². The minimum atomic E-state index is -0.440. The van der Waals surface area contributed by atoms with E-state index >= 15 is 0 Å². The number of aryl methyl sites for hydroxylation is 1. The molecule has 0 unspecified atom stereocenters. The number of ether oxygens (including phenoxy) is 1. The van der Waals surface area contributed by atoms with E-state index in [2.05, 4.69) is 9.97 Å². The molecule has 0 saturated carbocycles. The third-order valence-corrected chi connectivity index (χ3v) is 3.54. The molecule has 1 aromatic heterocycles. The Balaban J connectivity index is 1.91. The first-order valence-electron chi connectivity index (χ1n) is 6.61. The minimum absolute atomic E-state index is 0.0326. The maximum Gasteiger partial charge on any atom is 0.258 e. The van der Waals surface area contributed by atoms with E-state index in [1.165, 1.54) is 12.1 Å². The number of fused-ring (bicyclic) bond motifs is 1. The second-order valence-electron chi connectivity index (χ2n) is 4.85. The van der Waals surface area contributed by atoms with Crippen molar-refractivity contribution in [3.05, 3.63) is 69.0 Å². The van der Waals surface area contributed by atoms with E-state index in [0.717, 1.165) is 11.6 Å². The van der Waals surface area contributed by atoms with Gasteiger partial charge in [0, 0.05) is 0 Å². The van der Waals surface area contributed by atoms with Crippen LogP contribution in [0.2, 0.25) is 5.02 Å². The van der Waals surface area contributed by atoms with Gasteiger partial charge < -0.3 is 9.72 Å². The molecule has 22 heavy (non-hydrogen) atoms. The van der Waals surface area contributed by atoms with Crippen LogP contribution < -0.4 is 10.3 Å². The lowest BCUT2D eigenvalue weighted by Crippen LogP contribution is -2.14. The molecule has 1 heterocycles. The molecule has 0 bridgehead atoms. The fourth-order valence-corrected chi connectivity index (χ4v) is 2.38. The van der Waals surface area contributed by atoms with Crippen molar-refractivity contribution in [2.45, 2.75) is 13.5 Å². The number of aromatic nitrogens is 2. The highest BCUT2D eigenvalue weighted by atomic mass is 35.5. The Morgan fingerprint density at radius 3 is 2.91 bits per heavy atom. The summed E-state index contributed by atoms with van der Waals surface area (Å²) in [6.07, 6.45) is 0. The highest BCUT2D eigenvalue weighted by molar-refractivity contribution is 6.32. The van der Waals surface area contributed by atoms with Crippen LogP contribution in [0.1, 0.15) is 11.4 Å². The second kappa shape index (κ2) is 5.77. The summed E-state index contributed by atoms with van der Waals surface area (Å²) < 4.78 is 18.5. The van der Waals surface area contributed by atoms with Gasteiger partial charge in [0.2, 0.25) is 0 Å². The molecule has 0 spiro atoms. The normalized spacial score (nSPS) is 10.9. The first-order chi connectivity index (χ1) is 10.5. The predicted octanol–water partition coefficient (Wildman–Crippen LogP) is 3.60. The number of hydrogen-bond donors (Lipinski definition) is 1. The zero-order chi connectivity index (χ0) is 15.7. The standard InChI is InChI=1S/C16H12ClFN2O2/c1-9-3-2-4-11-15(9)19-14(20-16(11)21)8-22-13-6-5-10(18)7-12(13)17/h2-7H,8H2,1H3,(H,19,20,21). The molecule has 0 aliphatic carbocycles. The van der Waals surface area contributed by atoms with Crippen molar-refractivity contribution in [3.63, 3.8) is 0 Å². The highest BCUT2D eigenvalue weighted by Gasteiger charge is 2.08. The van der Waals surface area contributed by atoms with Crippen molar-refractivity contribution in [1.82, 2.24) is 9.97 Å². The largest absolute Gasteiger partial charge is 0.484 e. The maximum atomic E-state index is 13.0. The van der Waals surface area contributed by atoms with E-state index in [9.17, 15) is 9.18 Å². The summed E-state index contributed by atoms with van der Waals surface area (Å²) in [5.41, 5.74) is 1.32. The number of aromatic amines is 1. The zero-order valence-electron chi connectivity index (χ0n) is 11.7. The molecule has 0 radical (unpaired) electrons. The van der Waals surface area contributed by atoms with Crippen LogP contribution in [-0.2, 0) is 6.61 Å². The van der Waals surface area contributed by atoms with E-state index in [4.69, 9.17) is 16.3 Å². The van der Waals surface area contributed by atoms with E-state index in [1.807, 2.05) is 19.1 Å². The van der Waals surface area contributed by atoms with Crippen molar-refractivity contribution < 1.29 is 9.13 Å². The minimum Gasteiger partial charge on any atom is -0.484 e. The van der Waals surface area contributed by atoms with Crippen LogP contribution >= 0.6 is 11.6 Å². The van der Waals surface area contributed by atoms with Crippen molar-refractivity contribution >= 4 is 22.5 Å². The molecule has 0 saturated heterocycles. The topological polar surface area (TPSA) is 55.0 Å². The lowest BCUT2D eigenvalue weighted by atomic mass is 10.1. The van der Waals surface area contributed by atoms with E-state index in [-0.39, 0.29) is 17.2 Å². The molecular weight excluding hydrogens is 307 g/mol. The number of halogens is 2. The average molecular weight is 319 g/mol. The highest BCUT2D eigenvalue weighted by Crippen LogP contribution is 2.25. The molecule has 3 aromatic rings. The van der Waals surface area contributed by atoms with Gasteiger partial charge in [-0.05, 0) is 36.8 Å². The van der Waals surface area contributed by atoms with E-state index in [0.29, 0.717) is 22.5 Å². The van der Waals surface area contributed by atoms with E-state index < -0.39 is 5.82 Å². The molecule has 0 aliphatic heterocycles. The summed E-state index contributed by atoms with van der Waals surface area (Å²) in [5.74, 6) is 0.271. The van der Waals surface area contributed by atoms with Gasteiger partial charge in [-0.1, -0.05) is 23.7 Å². The number of nitrogens with one attached hydrogen (secondary N) is 1. The molecule has 0 atom stereocenters. The van der Waals surface area contributed by atoms with Gasteiger partial charge in [0.1, 0.15) is 24.0 Å². The SMILES string of the molecule is Cc1cccc2c(=O)[nH]c(COc3ccc(F)cc3Cl)nc12. The van der Waals surface area contributed by atoms with Crippen LogP contribution in [0.15, 0.2) is 41.2 Å².